The van der Waals surface area contributed by atoms with E-state index in [1.165, 1.54) is 11.8 Å². The lowest BCUT2D eigenvalue weighted by Gasteiger charge is -2.10. The molecule has 0 spiro atoms. The molecule has 28 heavy (non-hydrogen) atoms. The van der Waals surface area contributed by atoms with E-state index in [1.807, 2.05) is 0 Å². The number of hydrogen-bond acceptors (Lipinski definition) is 8. The van der Waals surface area contributed by atoms with Crippen LogP contribution in [0.2, 0.25) is 0 Å². The van der Waals surface area contributed by atoms with Gasteiger partial charge in [-0.25, -0.2) is 19.4 Å². The van der Waals surface area contributed by atoms with Crippen molar-refractivity contribution in [2.75, 3.05) is 12.4 Å². The molecule has 2 aromatic heterocycles. The molecule has 3 rings (SSSR count). The fourth-order valence-corrected chi connectivity index (χ4v) is 2.16. The Hall–Kier alpha value is -3.77. The molecule has 10 nitrogen and oxygen atoms in total. The van der Waals surface area contributed by atoms with Gasteiger partial charge in [-0.3, -0.25) is 5.32 Å². The van der Waals surface area contributed by atoms with Crippen molar-refractivity contribution in [3.05, 3.63) is 47.3 Å². The van der Waals surface area contributed by atoms with Crippen molar-refractivity contribution in [3.8, 4) is 5.75 Å². The second-order valence-electron chi connectivity index (χ2n) is 5.40. The first-order valence-corrected chi connectivity index (χ1v) is 7.62. The molecule has 0 amide bonds. The van der Waals surface area contributed by atoms with Crippen molar-refractivity contribution in [1.29, 1.82) is 0 Å². The van der Waals surface area contributed by atoms with E-state index in [-0.39, 0.29) is 12.5 Å². The van der Waals surface area contributed by atoms with Gasteiger partial charge in [0.15, 0.2) is 11.4 Å². The number of carbonyl (C=O) groups is 1. The first kappa shape index (κ1) is 19.0. The Kier molecular flexibility index (Phi) is 5.06. The summed E-state index contributed by atoms with van der Waals surface area (Å²) in [6.07, 6.45) is -4.85. The van der Waals surface area contributed by atoms with Crippen LogP contribution in [0.4, 0.5) is 25.1 Å². The maximum absolute atomic E-state index is 13.0. The maximum atomic E-state index is 13.0. The van der Waals surface area contributed by atoms with Crippen LogP contribution < -0.4 is 10.1 Å². The third-order valence-electron chi connectivity index (χ3n) is 3.48. The van der Waals surface area contributed by atoms with Crippen LogP contribution in [0, 0.1) is 0 Å². The number of carboxylic acids is 1. The summed E-state index contributed by atoms with van der Waals surface area (Å²) in [4.78, 5) is 17.9. The van der Waals surface area contributed by atoms with E-state index >= 15 is 0 Å². The van der Waals surface area contributed by atoms with Crippen LogP contribution in [0.1, 0.15) is 21.7 Å². The van der Waals surface area contributed by atoms with Gasteiger partial charge in [-0.1, -0.05) is 17.2 Å². The summed E-state index contributed by atoms with van der Waals surface area (Å²) in [5, 5.41) is 22.3. The average molecular weight is 395 g/mol. The van der Waals surface area contributed by atoms with Gasteiger partial charge in [-0.05, 0) is 28.1 Å². The van der Waals surface area contributed by atoms with Crippen LogP contribution in [-0.2, 0) is 12.7 Å². The van der Waals surface area contributed by atoms with Crippen molar-refractivity contribution in [2.24, 2.45) is 0 Å². The van der Waals surface area contributed by atoms with Crippen LogP contribution in [0.25, 0.3) is 0 Å². The highest BCUT2D eigenvalue weighted by Gasteiger charge is 2.34. The number of benzene rings is 1. The van der Waals surface area contributed by atoms with E-state index in [1.54, 1.807) is 24.3 Å². The van der Waals surface area contributed by atoms with Crippen LogP contribution >= 0.6 is 0 Å². The number of alkyl halides is 3. The molecule has 0 atom stereocenters. The maximum Gasteiger partial charge on any atom is 0.433 e. The first-order valence-electron chi connectivity index (χ1n) is 7.62. The van der Waals surface area contributed by atoms with Gasteiger partial charge in [0.2, 0.25) is 11.9 Å². The number of ether oxygens (including phenoxy) is 1. The molecular formula is C15H12F3N7O3. The smallest absolute Gasteiger partial charge is 0.433 e. The lowest BCUT2D eigenvalue weighted by atomic mass is 10.2. The van der Waals surface area contributed by atoms with Gasteiger partial charge in [0.1, 0.15) is 5.75 Å². The minimum Gasteiger partial charge on any atom is -0.497 e. The lowest BCUT2D eigenvalue weighted by Crippen LogP contribution is -2.15. The van der Waals surface area contributed by atoms with Gasteiger partial charge < -0.3 is 9.84 Å². The van der Waals surface area contributed by atoms with Gasteiger partial charge in [0.25, 0.3) is 0 Å². The third kappa shape index (κ3) is 4.31. The van der Waals surface area contributed by atoms with E-state index in [9.17, 15) is 18.0 Å². The Balaban J connectivity index is 1.87. The molecule has 1 aromatic carbocycles. The molecular weight excluding hydrogens is 383 g/mol. The Bertz CT molecular complexity index is 989. The quantitative estimate of drug-likeness (QED) is 0.644. The van der Waals surface area contributed by atoms with Crippen molar-refractivity contribution in [1.82, 2.24) is 30.2 Å². The molecule has 146 valence electrons. The second-order valence-corrected chi connectivity index (χ2v) is 5.40. The highest BCUT2D eigenvalue weighted by Crippen LogP contribution is 2.29. The summed E-state index contributed by atoms with van der Waals surface area (Å²) in [5.74, 6) is -1.64. The van der Waals surface area contributed by atoms with Gasteiger partial charge in [-0.15, -0.1) is 0 Å². The number of aromatic nitrogens is 6. The topological polar surface area (TPSA) is 128 Å². The van der Waals surface area contributed by atoms with Crippen LogP contribution in [-0.4, -0.2) is 48.4 Å². The fraction of sp³-hybridized carbons (Fsp3) is 0.200. The average Bonchev–Trinajstić information content (AvgIpc) is 3.08. The molecule has 0 saturated carbocycles. The predicted molar refractivity (Wildman–Crippen MR) is 87.2 cm³/mol. The number of nitrogens with one attached hydrogen (secondary N) is 1. The van der Waals surface area contributed by atoms with E-state index in [4.69, 9.17) is 9.84 Å². The van der Waals surface area contributed by atoms with Crippen LogP contribution in [0.3, 0.4) is 0 Å². The zero-order valence-corrected chi connectivity index (χ0v) is 14.2. The summed E-state index contributed by atoms with van der Waals surface area (Å²) in [6, 6.07) is 7.30. The number of carboxylic acid groups (broad SMARTS) is 1. The number of halogens is 3. The summed E-state index contributed by atoms with van der Waals surface area (Å²) < 4.78 is 45.2. The summed E-state index contributed by atoms with van der Waals surface area (Å²) in [6.45, 7) is 0.185. The summed E-state index contributed by atoms with van der Waals surface area (Å²) in [5.41, 5.74) is -1.44. The van der Waals surface area contributed by atoms with Crippen molar-refractivity contribution in [2.45, 2.75) is 12.7 Å². The molecule has 0 bridgehead atoms. The molecule has 0 radical (unpaired) electrons. The SMILES string of the molecule is COc1ccc(Cn2nnnc2Nc2nc(C(=O)O)cc(C(F)(F)F)n2)cc1. The molecule has 2 N–H and O–H groups in total. The number of aromatic carboxylic acids is 1. The Morgan fingerprint density at radius 3 is 2.57 bits per heavy atom. The number of tetrazole rings is 1. The highest BCUT2D eigenvalue weighted by molar-refractivity contribution is 5.85. The molecule has 2 heterocycles. The van der Waals surface area contributed by atoms with Crippen LogP contribution in [0.15, 0.2) is 30.3 Å². The van der Waals surface area contributed by atoms with Gasteiger partial charge in [0, 0.05) is 6.07 Å². The molecule has 13 heteroatoms. The number of anilines is 2. The van der Waals surface area contributed by atoms with Crippen molar-refractivity contribution >= 4 is 17.9 Å². The summed E-state index contributed by atoms with van der Waals surface area (Å²) in [7, 11) is 1.53. The zero-order chi connectivity index (χ0) is 20.3. The molecule has 0 aliphatic heterocycles. The minimum absolute atomic E-state index is 0.0634. The summed E-state index contributed by atoms with van der Waals surface area (Å²) >= 11 is 0. The number of rotatable bonds is 6. The fourth-order valence-electron chi connectivity index (χ4n) is 2.16. The molecule has 0 saturated heterocycles. The molecule has 0 aliphatic carbocycles. The largest absolute Gasteiger partial charge is 0.497 e. The van der Waals surface area contributed by atoms with E-state index < -0.39 is 29.5 Å². The third-order valence-corrected chi connectivity index (χ3v) is 3.48. The number of hydrogen-bond donors (Lipinski definition) is 2. The normalized spacial score (nSPS) is 11.3. The van der Waals surface area contributed by atoms with Gasteiger partial charge in [0.05, 0.1) is 13.7 Å². The van der Waals surface area contributed by atoms with Crippen molar-refractivity contribution < 1.29 is 27.8 Å². The first-order chi connectivity index (χ1) is 13.3. The molecule has 0 unspecified atom stereocenters. The predicted octanol–water partition coefficient (Wildman–Crippen LogP) is 1.98. The van der Waals surface area contributed by atoms with Crippen LogP contribution in [0.5, 0.6) is 5.75 Å². The lowest BCUT2D eigenvalue weighted by molar-refractivity contribution is -0.141. The highest BCUT2D eigenvalue weighted by atomic mass is 19.4. The molecule has 0 aliphatic rings. The Morgan fingerprint density at radius 2 is 1.96 bits per heavy atom. The Labute approximate surface area is 155 Å². The van der Waals surface area contributed by atoms with Crippen molar-refractivity contribution in [3.63, 3.8) is 0 Å². The van der Waals surface area contributed by atoms with E-state index in [2.05, 4.69) is 30.8 Å². The second kappa shape index (κ2) is 7.46. The van der Waals surface area contributed by atoms with E-state index in [0.29, 0.717) is 11.8 Å². The van der Waals surface area contributed by atoms with E-state index in [0.717, 1.165) is 5.56 Å². The molecule has 3 aromatic rings. The molecule has 0 fully saturated rings. The monoisotopic (exact) mass is 395 g/mol. The minimum atomic E-state index is -4.85. The Morgan fingerprint density at radius 1 is 1.25 bits per heavy atom. The number of methoxy groups -OCH3 is 1. The number of nitrogens with zero attached hydrogens (tertiary/aromatic N) is 6. The zero-order valence-electron chi connectivity index (χ0n) is 14.2. The van der Waals surface area contributed by atoms with Gasteiger partial charge >= 0.3 is 12.1 Å². The standard InChI is InChI=1S/C15H12F3N7O3/c1-28-9-4-2-8(3-5-9)7-25-14(22-23-24-25)21-13-19-10(12(26)27)6-11(20-13)15(16,17)18/h2-6H,7H2,1H3,(H,26,27)(H,19,20,21,22,24). The van der Waals surface area contributed by atoms with Gasteiger partial charge in [-0.2, -0.15) is 13.2 Å².